The lowest BCUT2D eigenvalue weighted by molar-refractivity contribution is 0.112. The molecule has 76 valence electrons. The number of fused-ring (bicyclic) bond motifs is 1. The number of H-pyrrole nitrogens is 1. The summed E-state index contributed by atoms with van der Waals surface area (Å²) in [6, 6.07) is 5.94. The van der Waals surface area contributed by atoms with Gasteiger partial charge in [0.05, 0.1) is 5.52 Å². The summed E-state index contributed by atoms with van der Waals surface area (Å²) in [6.45, 7) is 0. The summed E-state index contributed by atoms with van der Waals surface area (Å²) in [5, 5.41) is 1.03. The largest absolute Gasteiger partial charge is 0.357 e. The van der Waals surface area contributed by atoms with Gasteiger partial charge >= 0.3 is 0 Å². The number of carbonyl (C=O) groups is 1. The van der Waals surface area contributed by atoms with Crippen LogP contribution in [0, 0.1) is 0 Å². The Labute approximate surface area is 95.8 Å². The van der Waals surface area contributed by atoms with E-state index in [0.717, 1.165) is 32.9 Å². The van der Waals surface area contributed by atoms with E-state index in [0.29, 0.717) is 5.92 Å². The van der Waals surface area contributed by atoms with Crippen LogP contribution in [0.4, 0.5) is 0 Å². The van der Waals surface area contributed by atoms with E-state index in [1.54, 1.807) is 0 Å². The van der Waals surface area contributed by atoms with Crippen molar-refractivity contribution < 1.29 is 4.79 Å². The van der Waals surface area contributed by atoms with Gasteiger partial charge in [-0.2, -0.15) is 0 Å². The van der Waals surface area contributed by atoms with Gasteiger partial charge in [-0.3, -0.25) is 4.79 Å². The Hall–Kier alpha value is -1.09. The van der Waals surface area contributed by atoms with Gasteiger partial charge in [-0.05, 0) is 40.8 Å². The zero-order valence-corrected chi connectivity index (χ0v) is 9.67. The molecule has 1 fully saturated rings. The predicted octanol–water partition coefficient (Wildman–Crippen LogP) is 3.62. The van der Waals surface area contributed by atoms with Crippen molar-refractivity contribution in [2.24, 2.45) is 0 Å². The first kappa shape index (κ1) is 9.16. The molecule has 0 spiro atoms. The van der Waals surface area contributed by atoms with Gasteiger partial charge in [0.2, 0.25) is 0 Å². The minimum atomic E-state index is 0.574. The Bertz CT molecular complexity index is 540. The number of aromatic amines is 1. The third-order valence-electron chi connectivity index (χ3n) is 2.96. The number of benzene rings is 1. The van der Waals surface area contributed by atoms with E-state index in [2.05, 4.69) is 20.9 Å². The number of hydrogen-bond donors (Lipinski definition) is 1. The highest BCUT2D eigenvalue weighted by molar-refractivity contribution is 9.10. The van der Waals surface area contributed by atoms with E-state index in [1.807, 2.05) is 18.2 Å². The summed E-state index contributed by atoms with van der Waals surface area (Å²) in [4.78, 5) is 14.5. The van der Waals surface area contributed by atoms with Gasteiger partial charge in [0, 0.05) is 21.1 Å². The first-order valence-corrected chi connectivity index (χ1v) is 5.86. The second kappa shape index (κ2) is 3.20. The molecule has 1 heterocycles. The average Bonchev–Trinajstić information content (AvgIpc) is 3.00. The summed E-state index contributed by atoms with van der Waals surface area (Å²) < 4.78 is 1.02. The van der Waals surface area contributed by atoms with Crippen LogP contribution < -0.4 is 0 Å². The highest BCUT2D eigenvalue weighted by Gasteiger charge is 2.28. The Morgan fingerprint density at radius 3 is 2.87 bits per heavy atom. The fourth-order valence-electron chi connectivity index (χ4n) is 2.04. The van der Waals surface area contributed by atoms with Crippen molar-refractivity contribution >= 4 is 33.1 Å². The van der Waals surface area contributed by atoms with Crippen LogP contribution in [0.1, 0.15) is 34.8 Å². The van der Waals surface area contributed by atoms with Crippen LogP contribution in [0.3, 0.4) is 0 Å². The van der Waals surface area contributed by atoms with Crippen LogP contribution in [0.5, 0.6) is 0 Å². The van der Waals surface area contributed by atoms with Crippen LogP contribution in [0.25, 0.3) is 10.9 Å². The lowest BCUT2D eigenvalue weighted by Gasteiger charge is -1.92. The van der Waals surface area contributed by atoms with Crippen molar-refractivity contribution in [2.45, 2.75) is 18.8 Å². The van der Waals surface area contributed by atoms with E-state index in [-0.39, 0.29) is 0 Å². The molecule has 0 saturated heterocycles. The maximum Gasteiger partial charge on any atom is 0.152 e. The molecule has 1 aliphatic rings. The van der Waals surface area contributed by atoms with Crippen molar-refractivity contribution in [3.63, 3.8) is 0 Å². The predicted molar refractivity (Wildman–Crippen MR) is 63.4 cm³/mol. The number of nitrogens with one attached hydrogen (secondary N) is 1. The maximum atomic E-state index is 11.1. The molecule has 0 unspecified atom stereocenters. The molecule has 0 aliphatic heterocycles. The topological polar surface area (TPSA) is 32.9 Å². The standard InChI is InChI=1S/C12H10BrNO/c13-10-3-1-2-8-9(6-15)11(7-4-5-7)14-12(8)10/h1-3,6-7,14H,4-5H2. The van der Waals surface area contributed by atoms with E-state index in [1.165, 1.54) is 12.8 Å². The fraction of sp³-hybridized carbons (Fsp3) is 0.250. The smallest absolute Gasteiger partial charge is 0.152 e. The maximum absolute atomic E-state index is 11.1. The Morgan fingerprint density at radius 2 is 2.20 bits per heavy atom. The van der Waals surface area contributed by atoms with Crippen molar-refractivity contribution in [1.29, 1.82) is 0 Å². The molecule has 0 amide bonds. The fourth-order valence-corrected chi connectivity index (χ4v) is 2.51. The first-order chi connectivity index (χ1) is 7.31. The molecule has 0 radical (unpaired) electrons. The quantitative estimate of drug-likeness (QED) is 0.825. The number of rotatable bonds is 2. The Balaban J connectivity index is 2.36. The highest BCUT2D eigenvalue weighted by Crippen LogP contribution is 2.43. The molecule has 1 saturated carbocycles. The van der Waals surface area contributed by atoms with Gasteiger partial charge in [0.15, 0.2) is 6.29 Å². The van der Waals surface area contributed by atoms with Crippen molar-refractivity contribution in [1.82, 2.24) is 4.98 Å². The summed E-state index contributed by atoms with van der Waals surface area (Å²) in [7, 11) is 0. The van der Waals surface area contributed by atoms with Crippen molar-refractivity contribution in [3.8, 4) is 0 Å². The molecule has 0 bridgehead atoms. The lowest BCUT2D eigenvalue weighted by Crippen LogP contribution is -1.85. The highest BCUT2D eigenvalue weighted by atomic mass is 79.9. The molecule has 15 heavy (non-hydrogen) atoms. The van der Waals surface area contributed by atoms with Crippen LogP contribution in [-0.2, 0) is 0 Å². The molecule has 3 rings (SSSR count). The van der Waals surface area contributed by atoms with Crippen LogP contribution in [0.2, 0.25) is 0 Å². The zero-order chi connectivity index (χ0) is 10.4. The molecule has 1 aromatic carbocycles. The summed E-state index contributed by atoms with van der Waals surface area (Å²) in [6.07, 6.45) is 3.37. The number of halogens is 1. The third-order valence-corrected chi connectivity index (χ3v) is 3.62. The number of para-hydroxylation sites is 1. The molecule has 1 aromatic heterocycles. The summed E-state index contributed by atoms with van der Waals surface area (Å²) >= 11 is 3.50. The lowest BCUT2D eigenvalue weighted by atomic mass is 10.1. The molecular formula is C12H10BrNO. The Kier molecular flexibility index (Phi) is 1.96. The van der Waals surface area contributed by atoms with Gasteiger partial charge in [-0.1, -0.05) is 12.1 Å². The molecule has 0 atom stereocenters. The molecule has 1 aliphatic carbocycles. The minimum absolute atomic E-state index is 0.574. The molecule has 1 N–H and O–H groups in total. The molecule has 3 heteroatoms. The van der Waals surface area contributed by atoms with Gasteiger partial charge < -0.3 is 4.98 Å². The van der Waals surface area contributed by atoms with Gasteiger partial charge in [0.25, 0.3) is 0 Å². The van der Waals surface area contributed by atoms with Gasteiger partial charge in [0.1, 0.15) is 0 Å². The van der Waals surface area contributed by atoms with E-state index < -0.39 is 0 Å². The number of hydrogen-bond acceptors (Lipinski definition) is 1. The normalized spacial score (nSPS) is 15.8. The van der Waals surface area contributed by atoms with Crippen LogP contribution >= 0.6 is 15.9 Å². The van der Waals surface area contributed by atoms with E-state index in [9.17, 15) is 4.79 Å². The zero-order valence-electron chi connectivity index (χ0n) is 8.09. The minimum Gasteiger partial charge on any atom is -0.357 e. The number of carbonyl (C=O) groups excluding carboxylic acids is 1. The van der Waals surface area contributed by atoms with Gasteiger partial charge in [-0.15, -0.1) is 0 Å². The molecule has 2 aromatic rings. The Morgan fingerprint density at radius 1 is 1.40 bits per heavy atom. The van der Waals surface area contributed by atoms with E-state index in [4.69, 9.17) is 0 Å². The monoisotopic (exact) mass is 263 g/mol. The molecular weight excluding hydrogens is 254 g/mol. The average molecular weight is 264 g/mol. The second-order valence-electron chi connectivity index (χ2n) is 4.01. The number of aromatic nitrogens is 1. The summed E-state index contributed by atoms with van der Waals surface area (Å²) in [5.41, 5.74) is 3.00. The van der Waals surface area contributed by atoms with Crippen molar-refractivity contribution in [2.75, 3.05) is 0 Å². The third kappa shape index (κ3) is 1.34. The van der Waals surface area contributed by atoms with Gasteiger partial charge in [-0.25, -0.2) is 0 Å². The van der Waals surface area contributed by atoms with E-state index >= 15 is 0 Å². The van der Waals surface area contributed by atoms with Crippen LogP contribution in [0.15, 0.2) is 22.7 Å². The first-order valence-electron chi connectivity index (χ1n) is 5.06. The van der Waals surface area contributed by atoms with Crippen LogP contribution in [-0.4, -0.2) is 11.3 Å². The molecule has 2 nitrogen and oxygen atoms in total. The number of aldehydes is 1. The SMILES string of the molecule is O=Cc1c(C2CC2)[nH]c2c(Br)cccc12. The van der Waals surface area contributed by atoms with Crippen molar-refractivity contribution in [3.05, 3.63) is 33.9 Å². The summed E-state index contributed by atoms with van der Waals surface area (Å²) in [5.74, 6) is 0.574. The second-order valence-corrected chi connectivity index (χ2v) is 4.86.